The van der Waals surface area contributed by atoms with Gasteiger partial charge in [-0.1, -0.05) is 42.5 Å². The third kappa shape index (κ3) is 3.51. The van der Waals surface area contributed by atoms with Gasteiger partial charge in [-0.05, 0) is 36.1 Å². The summed E-state index contributed by atoms with van der Waals surface area (Å²) in [5, 5.41) is 0. The molecule has 21 heavy (non-hydrogen) atoms. The van der Waals surface area contributed by atoms with Crippen LogP contribution in [-0.4, -0.2) is 12.3 Å². The number of fused-ring (bicyclic) bond motifs is 1. The van der Waals surface area contributed by atoms with E-state index in [4.69, 9.17) is 0 Å². The van der Waals surface area contributed by atoms with Crippen LogP contribution >= 0.6 is 11.8 Å². The summed E-state index contributed by atoms with van der Waals surface area (Å²) in [5.41, 5.74) is 4.19. The summed E-state index contributed by atoms with van der Waals surface area (Å²) in [6, 6.07) is 17.7. The molecule has 0 atom stereocenters. The molecule has 108 valence electrons. The first-order valence-electron chi connectivity index (χ1n) is 7.52. The van der Waals surface area contributed by atoms with Crippen LogP contribution in [0.3, 0.4) is 0 Å². The highest BCUT2D eigenvalue weighted by molar-refractivity contribution is 7.99. The van der Waals surface area contributed by atoms with E-state index in [0.29, 0.717) is 0 Å². The maximum absolute atomic E-state index is 3.82. The number of rotatable bonds is 5. The number of anilines is 1. The van der Waals surface area contributed by atoms with Gasteiger partial charge in [0.15, 0.2) is 0 Å². The largest absolute Gasteiger partial charge is 0.365 e. The predicted molar refractivity (Wildman–Crippen MR) is 93.2 cm³/mol. The average Bonchev–Trinajstić information content (AvgIpc) is 2.54. The molecule has 0 amide bonds. The highest BCUT2D eigenvalue weighted by Crippen LogP contribution is 2.36. The van der Waals surface area contributed by atoms with Gasteiger partial charge in [-0.25, -0.2) is 0 Å². The van der Waals surface area contributed by atoms with Crippen LogP contribution in [-0.2, 0) is 13.0 Å². The zero-order chi connectivity index (χ0) is 14.5. The highest BCUT2D eigenvalue weighted by Gasteiger charge is 2.17. The molecule has 1 aliphatic heterocycles. The molecular weight excluding hydrogens is 274 g/mol. The monoisotopic (exact) mass is 295 g/mol. The maximum Gasteiger partial charge on any atom is 0.0510 e. The Kier molecular flexibility index (Phi) is 4.66. The molecule has 0 spiro atoms. The lowest BCUT2D eigenvalue weighted by molar-refractivity contribution is 0.814. The number of hydrogen-bond donors (Lipinski definition) is 0. The van der Waals surface area contributed by atoms with Gasteiger partial charge >= 0.3 is 0 Å². The van der Waals surface area contributed by atoms with Gasteiger partial charge < -0.3 is 4.90 Å². The van der Waals surface area contributed by atoms with Crippen molar-refractivity contribution < 1.29 is 0 Å². The van der Waals surface area contributed by atoms with Gasteiger partial charge in [0.2, 0.25) is 0 Å². The third-order valence-corrected chi connectivity index (χ3v) is 4.88. The fraction of sp³-hybridized carbons (Fsp3) is 0.263. The Morgan fingerprint density at radius 1 is 1.10 bits per heavy atom. The molecule has 0 radical (unpaired) electrons. The summed E-state index contributed by atoms with van der Waals surface area (Å²) in [4.78, 5) is 3.93. The standard InChI is InChI=1S/C19H21NS/c1-2-3-7-16-10-11-19-18(14-16)20(12-13-21-19)15-17-8-5-4-6-9-17/h2,4-6,8-11,14H,1,3,7,12-13,15H2. The average molecular weight is 295 g/mol. The number of aryl methyl sites for hydroxylation is 1. The van der Waals surface area contributed by atoms with Crippen LogP contribution in [0.5, 0.6) is 0 Å². The smallest absolute Gasteiger partial charge is 0.0510 e. The second-order valence-electron chi connectivity index (χ2n) is 5.39. The first-order chi connectivity index (χ1) is 10.4. The minimum Gasteiger partial charge on any atom is -0.365 e. The topological polar surface area (TPSA) is 3.24 Å². The van der Waals surface area contributed by atoms with Crippen molar-refractivity contribution in [1.29, 1.82) is 0 Å². The summed E-state index contributed by atoms with van der Waals surface area (Å²) in [6.45, 7) is 5.94. The van der Waals surface area contributed by atoms with Crippen molar-refractivity contribution in [2.75, 3.05) is 17.2 Å². The number of nitrogens with zero attached hydrogens (tertiary/aromatic N) is 1. The van der Waals surface area contributed by atoms with E-state index in [1.165, 1.54) is 27.5 Å². The van der Waals surface area contributed by atoms with Crippen molar-refractivity contribution in [1.82, 2.24) is 0 Å². The van der Waals surface area contributed by atoms with Gasteiger partial charge in [0.25, 0.3) is 0 Å². The van der Waals surface area contributed by atoms with Gasteiger partial charge in [-0.15, -0.1) is 18.3 Å². The first-order valence-corrected chi connectivity index (χ1v) is 8.51. The third-order valence-electron chi connectivity index (χ3n) is 3.84. The Hall–Kier alpha value is -1.67. The molecule has 2 aromatic carbocycles. The van der Waals surface area contributed by atoms with Crippen LogP contribution in [0, 0.1) is 0 Å². The molecule has 1 nitrogen and oxygen atoms in total. The Labute approximate surface area is 131 Å². The van der Waals surface area contributed by atoms with Crippen molar-refractivity contribution in [3.63, 3.8) is 0 Å². The lowest BCUT2D eigenvalue weighted by Crippen LogP contribution is -2.28. The summed E-state index contributed by atoms with van der Waals surface area (Å²) in [5.74, 6) is 1.17. The number of thioether (sulfide) groups is 1. The molecule has 0 bridgehead atoms. The van der Waals surface area contributed by atoms with Gasteiger partial charge in [0, 0.05) is 23.7 Å². The summed E-state index contributed by atoms with van der Waals surface area (Å²) in [7, 11) is 0. The summed E-state index contributed by atoms with van der Waals surface area (Å²) >= 11 is 1.97. The van der Waals surface area contributed by atoms with E-state index in [-0.39, 0.29) is 0 Å². The minimum absolute atomic E-state index is 0.999. The van der Waals surface area contributed by atoms with E-state index in [2.05, 4.69) is 60.0 Å². The minimum atomic E-state index is 0.999. The Bertz CT molecular complexity index is 606. The van der Waals surface area contributed by atoms with Gasteiger partial charge in [-0.3, -0.25) is 0 Å². The van der Waals surface area contributed by atoms with Gasteiger partial charge in [0.05, 0.1) is 5.69 Å². The summed E-state index contributed by atoms with van der Waals surface area (Å²) in [6.07, 6.45) is 4.13. The normalized spacial score (nSPS) is 13.8. The fourth-order valence-corrected chi connectivity index (χ4v) is 3.74. The molecule has 0 N–H and O–H groups in total. The Morgan fingerprint density at radius 2 is 1.95 bits per heavy atom. The van der Waals surface area contributed by atoms with E-state index < -0.39 is 0 Å². The van der Waals surface area contributed by atoms with Crippen LogP contribution in [0.15, 0.2) is 66.1 Å². The molecule has 2 aromatic rings. The molecule has 0 aliphatic carbocycles. The van der Waals surface area contributed by atoms with E-state index in [1.54, 1.807) is 0 Å². The molecule has 0 unspecified atom stereocenters. The van der Waals surface area contributed by atoms with Crippen molar-refractivity contribution in [2.24, 2.45) is 0 Å². The highest BCUT2D eigenvalue weighted by atomic mass is 32.2. The molecule has 0 aromatic heterocycles. The van der Waals surface area contributed by atoms with E-state index >= 15 is 0 Å². The fourth-order valence-electron chi connectivity index (χ4n) is 2.71. The van der Waals surface area contributed by atoms with Crippen LogP contribution in [0.1, 0.15) is 17.5 Å². The number of benzene rings is 2. The van der Waals surface area contributed by atoms with Crippen LogP contribution < -0.4 is 4.90 Å². The maximum atomic E-state index is 3.82. The van der Waals surface area contributed by atoms with E-state index in [1.807, 2.05) is 17.8 Å². The lowest BCUT2D eigenvalue weighted by atomic mass is 10.1. The molecule has 1 heterocycles. The van der Waals surface area contributed by atoms with Crippen molar-refractivity contribution in [2.45, 2.75) is 24.3 Å². The second-order valence-corrected chi connectivity index (χ2v) is 6.52. The quantitative estimate of drug-likeness (QED) is 0.720. The zero-order valence-electron chi connectivity index (χ0n) is 12.3. The molecular formula is C19H21NS. The lowest BCUT2D eigenvalue weighted by Gasteiger charge is -2.31. The Morgan fingerprint density at radius 3 is 2.76 bits per heavy atom. The number of allylic oxidation sites excluding steroid dienone is 1. The SMILES string of the molecule is C=CCCc1ccc2c(c1)N(Cc1ccccc1)CCS2. The van der Waals surface area contributed by atoms with Gasteiger partial charge in [0.1, 0.15) is 0 Å². The molecule has 1 aliphatic rings. The van der Waals surface area contributed by atoms with Crippen molar-refractivity contribution in [3.8, 4) is 0 Å². The van der Waals surface area contributed by atoms with Gasteiger partial charge in [-0.2, -0.15) is 0 Å². The molecule has 0 fully saturated rings. The Balaban J connectivity index is 1.83. The summed E-state index contributed by atoms with van der Waals surface area (Å²) < 4.78 is 0. The first kappa shape index (κ1) is 14.3. The predicted octanol–water partition coefficient (Wildman–Crippen LogP) is 4.92. The number of hydrogen-bond acceptors (Lipinski definition) is 2. The van der Waals surface area contributed by atoms with Crippen LogP contribution in [0.4, 0.5) is 5.69 Å². The van der Waals surface area contributed by atoms with E-state index in [9.17, 15) is 0 Å². The van der Waals surface area contributed by atoms with Crippen molar-refractivity contribution in [3.05, 3.63) is 72.3 Å². The van der Waals surface area contributed by atoms with Crippen LogP contribution in [0.25, 0.3) is 0 Å². The molecule has 3 rings (SSSR count). The van der Waals surface area contributed by atoms with E-state index in [0.717, 1.165) is 25.9 Å². The molecule has 2 heteroatoms. The second kappa shape index (κ2) is 6.86. The van der Waals surface area contributed by atoms with Crippen molar-refractivity contribution >= 4 is 17.4 Å². The zero-order valence-corrected chi connectivity index (χ0v) is 13.1. The van der Waals surface area contributed by atoms with Crippen LogP contribution in [0.2, 0.25) is 0 Å². The molecule has 0 saturated carbocycles. The molecule has 0 saturated heterocycles.